The van der Waals surface area contributed by atoms with Crippen molar-refractivity contribution < 1.29 is 19.0 Å². The summed E-state index contributed by atoms with van der Waals surface area (Å²) in [6.07, 6.45) is -0.581. The minimum Gasteiger partial charge on any atom is -0.482 e. The average molecular weight is 398 g/mol. The second-order valence-corrected chi connectivity index (χ2v) is 7.65. The molecule has 3 atom stereocenters. The molecule has 3 aromatic carbocycles. The van der Waals surface area contributed by atoms with Crippen molar-refractivity contribution in [2.24, 2.45) is 10.2 Å². The Bertz CT molecular complexity index is 1180. The topological polar surface area (TPSA) is 69.5 Å². The summed E-state index contributed by atoms with van der Waals surface area (Å²) in [5.74, 6) is 1.61. The molecule has 1 spiro atoms. The van der Waals surface area contributed by atoms with Crippen molar-refractivity contribution in [2.75, 3.05) is 13.3 Å². The lowest BCUT2D eigenvalue weighted by atomic mass is 9.69. The summed E-state index contributed by atoms with van der Waals surface area (Å²) in [6, 6.07) is 22.9. The van der Waals surface area contributed by atoms with E-state index < -0.39 is 11.6 Å². The minimum absolute atomic E-state index is 0.0675. The van der Waals surface area contributed by atoms with Gasteiger partial charge in [0.15, 0.2) is 23.1 Å². The summed E-state index contributed by atoms with van der Waals surface area (Å²) in [6.45, 7) is 0.603. The number of carbonyl (C=O) groups is 1. The molecule has 3 heterocycles. The van der Waals surface area contributed by atoms with Crippen molar-refractivity contribution in [2.45, 2.75) is 17.6 Å². The van der Waals surface area contributed by atoms with Crippen molar-refractivity contribution in [1.82, 2.24) is 0 Å². The number of hydrogen-bond acceptors (Lipinski definition) is 6. The normalized spacial score (nSPS) is 25.9. The molecular weight excluding hydrogens is 380 g/mol. The third-order valence-electron chi connectivity index (χ3n) is 6.07. The van der Waals surface area contributed by atoms with Crippen LogP contribution in [0.15, 0.2) is 83.0 Å². The monoisotopic (exact) mass is 398 g/mol. The van der Waals surface area contributed by atoms with E-state index in [0.717, 1.165) is 11.1 Å². The number of benzene rings is 3. The third-order valence-corrected chi connectivity index (χ3v) is 6.07. The molecule has 0 radical (unpaired) electrons. The third kappa shape index (κ3) is 2.33. The number of azo groups is 1. The maximum atomic E-state index is 14.0. The molecule has 30 heavy (non-hydrogen) atoms. The number of nitrogens with zero attached hydrogens (tertiary/aromatic N) is 2. The molecule has 3 unspecified atom stereocenters. The predicted octanol–water partition coefficient (Wildman–Crippen LogP) is 4.72. The Balaban J connectivity index is 1.54. The van der Waals surface area contributed by atoms with Crippen LogP contribution in [0.4, 0.5) is 0 Å². The number of carbonyl (C=O) groups excluding carboxylic acids is 1. The van der Waals surface area contributed by atoms with Gasteiger partial charge >= 0.3 is 0 Å². The zero-order valence-corrected chi connectivity index (χ0v) is 16.0. The summed E-state index contributed by atoms with van der Waals surface area (Å²) < 4.78 is 17.5. The van der Waals surface area contributed by atoms with Crippen molar-refractivity contribution in [1.29, 1.82) is 0 Å². The Morgan fingerprint density at radius 1 is 0.833 bits per heavy atom. The first-order valence-electron chi connectivity index (χ1n) is 9.91. The van der Waals surface area contributed by atoms with Gasteiger partial charge in [0.25, 0.3) is 0 Å². The first kappa shape index (κ1) is 17.2. The van der Waals surface area contributed by atoms with Gasteiger partial charge in [-0.2, -0.15) is 10.2 Å². The van der Waals surface area contributed by atoms with Crippen LogP contribution in [0.5, 0.6) is 17.2 Å². The van der Waals surface area contributed by atoms with Gasteiger partial charge in [0.05, 0.1) is 12.1 Å². The summed E-state index contributed by atoms with van der Waals surface area (Å²) >= 11 is 0. The molecule has 3 aromatic rings. The van der Waals surface area contributed by atoms with Crippen LogP contribution in [0.25, 0.3) is 0 Å². The van der Waals surface area contributed by atoms with Crippen molar-refractivity contribution in [3.63, 3.8) is 0 Å². The van der Waals surface area contributed by atoms with Crippen molar-refractivity contribution in [3.8, 4) is 17.2 Å². The Labute approximate surface area is 173 Å². The van der Waals surface area contributed by atoms with Crippen LogP contribution in [0.1, 0.15) is 33.5 Å². The first-order valence-corrected chi connectivity index (χ1v) is 9.91. The maximum absolute atomic E-state index is 14.0. The van der Waals surface area contributed by atoms with Gasteiger partial charge < -0.3 is 14.2 Å². The molecule has 0 saturated heterocycles. The van der Waals surface area contributed by atoms with Gasteiger partial charge in [-0.15, -0.1) is 0 Å². The lowest BCUT2D eigenvalue weighted by Gasteiger charge is -2.41. The molecule has 0 fully saturated rings. The Morgan fingerprint density at radius 3 is 2.53 bits per heavy atom. The maximum Gasteiger partial charge on any atom is 0.231 e. The number of rotatable bonds is 2. The van der Waals surface area contributed by atoms with E-state index in [1.807, 2.05) is 66.7 Å². The zero-order valence-electron chi connectivity index (χ0n) is 16.0. The first-order chi connectivity index (χ1) is 14.8. The summed E-state index contributed by atoms with van der Waals surface area (Å²) in [5.41, 5.74) is 1.19. The van der Waals surface area contributed by atoms with Gasteiger partial charge in [0.2, 0.25) is 12.6 Å². The molecule has 0 N–H and O–H groups in total. The fourth-order valence-electron chi connectivity index (χ4n) is 4.64. The van der Waals surface area contributed by atoms with Crippen LogP contribution < -0.4 is 14.2 Å². The quantitative estimate of drug-likeness (QED) is 0.626. The van der Waals surface area contributed by atoms with Crippen LogP contribution in [0.3, 0.4) is 0 Å². The number of ketones is 1. The molecule has 3 aliphatic rings. The molecule has 3 aliphatic heterocycles. The number of para-hydroxylation sites is 1. The largest absolute Gasteiger partial charge is 0.482 e. The van der Waals surface area contributed by atoms with Crippen LogP contribution >= 0.6 is 0 Å². The van der Waals surface area contributed by atoms with E-state index in [1.54, 1.807) is 6.07 Å². The molecule has 148 valence electrons. The van der Waals surface area contributed by atoms with E-state index in [2.05, 4.69) is 10.2 Å². The molecule has 0 saturated carbocycles. The van der Waals surface area contributed by atoms with E-state index in [-0.39, 0.29) is 18.5 Å². The van der Waals surface area contributed by atoms with Crippen LogP contribution in [-0.4, -0.2) is 24.7 Å². The highest BCUT2D eigenvalue weighted by molar-refractivity contribution is 6.08. The van der Waals surface area contributed by atoms with Gasteiger partial charge in [-0.25, -0.2) is 0 Å². The highest BCUT2D eigenvalue weighted by atomic mass is 16.7. The molecule has 6 heteroatoms. The number of Topliss-reactive ketones (excluding diaryl/α,β-unsaturated/α-hetero) is 1. The SMILES string of the molecule is O=C1c2ccccc2OC(c2ccccc2)C12N=NCC2c1ccc2c(c1)OCO2. The lowest BCUT2D eigenvalue weighted by Crippen LogP contribution is -2.51. The molecule has 6 rings (SSSR count). The van der Waals surface area contributed by atoms with E-state index in [1.165, 1.54) is 0 Å². The van der Waals surface area contributed by atoms with Gasteiger partial charge in [-0.3, -0.25) is 4.79 Å². The van der Waals surface area contributed by atoms with Gasteiger partial charge in [0, 0.05) is 5.92 Å². The predicted molar refractivity (Wildman–Crippen MR) is 108 cm³/mol. The summed E-state index contributed by atoms with van der Waals surface area (Å²) in [4.78, 5) is 14.0. The molecule has 0 aromatic heterocycles. The van der Waals surface area contributed by atoms with Crippen LogP contribution in [0.2, 0.25) is 0 Å². The zero-order chi connectivity index (χ0) is 20.1. The standard InChI is InChI=1S/C24H18N2O4/c27-22-17-8-4-5-9-19(17)30-23(15-6-2-1-3-7-15)24(22)18(13-25-26-24)16-10-11-20-21(12-16)29-14-28-20/h1-12,18,23H,13-14H2. The van der Waals surface area contributed by atoms with E-state index in [9.17, 15) is 4.79 Å². The fourth-order valence-corrected chi connectivity index (χ4v) is 4.64. The molecule has 0 bridgehead atoms. The van der Waals surface area contributed by atoms with Crippen LogP contribution in [-0.2, 0) is 0 Å². The van der Waals surface area contributed by atoms with Gasteiger partial charge in [-0.1, -0.05) is 48.5 Å². The average Bonchev–Trinajstić information content (AvgIpc) is 3.44. The molecule has 6 nitrogen and oxygen atoms in total. The second kappa shape index (κ2) is 6.42. The molecule has 0 amide bonds. The van der Waals surface area contributed by atoms with Crippen LogP contribution in [0, 0.1) is 0 Å². The minimum atomic E-state index is -1.18. The smallest absolute Gasteiger partial charge is 0.231 e. The highest BCUT2D eigenvalue weighted by Crippen LogP contribution is 2.53. The van der Waals surface area contributed by atoms with Gasteiger partial charge in [0.1, 0.15) is 5.75 Å². The Kier molecular flexibility index (Phi) is 3.68. The van der Waals surface area contributed by atoms with Crippen molar-refractivity contribution in [3.05, 3.63) is 89.5 Å². The second-order valence-electron chi connectivity index (χ2n) is 7.65. The Hall–Kier alpha value is -3.67. The number of fused-ring (bicyclic) bond motifs is 2. The molecular formula is C24H18N2O4. The van der Waals surface area contributed by atoms with Crippen molar-refractivity contribution >= 4 is 5.78 Å². The summed E-state index contributed by atoms with van der Waals surface area (Å²) in [5, 5.41) is 8.96. The molecule has 0 aliphatic carbocycles. The van der Waals surface area contributed by atoms with Gasteiger partial charge in [-0.05, 0) is 35.4 Å². The fraction of sp³-hybridized carbons (Fsp3) is 0.208. The summed E-state index contributed by atoms with van der Waals surface area (Å²) in [7, 11) is 0. The highest BCUT2D eigenvalue weighted by Gasteiger charge is 2.60. The number of ether oxygens (including phenoxy) is 3. The van der Waals surface area contributed by atoms with E-state index >= 15 is 0 Å². The van der Waals surface area contributed by atoms with E-state index in [4.69, 9.17) is 14.2 Å². The van der Waals surface area contributed by atoms with E-state index in [0.29, 0.717) is 29.4 Å². The number of hydrogen-bond donors (Lipinski definition) is 0. The Morgan fingerprint density at radius 2 is 1.63 bits per heavy atom. The lowest BCUT2D eigenvalue weighted by molar-refractivity contribution is 0.0521.